The summed E-state index contributed by atoms with van der Waals surface area (Å²) in [5.74, 6) is -1.29. The predicted molar refractivity (Wildman–Crippen MR) is 71.0 cm³/mol. The number of anilines is 1. The van der Waals surface area contributed by atoms with Gasteiger partial charge >= 0.3 is 0 Å². The number of hydrogen-bond acceptors (Lipinski definition) is 2. The van der Waals surface area contributed by atoms with E-state index in [4.69, 9.17) is 0 Å². The molecule has 1 amide bonds. The first-order valence-corrected chi connectivity index (χ1v) is 6.05. The van der Waals surface area contributed by atoms with Gasteiger partial charge in [-0.3, -0.25) is 4.79 Å². The Hall–Kier alpha value is -1.75. The highest BCUT2D eigenvalue weighted by molar-refractivity contribution is 9.10. The van der Waals surface area contributed by atoms with Crippen LogP contribution in [0.2, 0.25) is 0 Å². The van der Waals surface area contributed by atoms with Crippen LogP contribution in [-0.2, 0) is 0 Å². The summed E-state index contributed by atoms with van der Waals surface area (Å²) < 4.78 is 14.3. The van der Waals surface area contributed by atoms with Gasteiger partial charge in [-0.25, -0.2) is 4.98 Å². The lowest BCUT2D eigenvalue weighted by Crippen LogP contribution is -2.14. The maximum atomic E-state index is 13.3. The number of aryl methyl sites for hydroxylation is 1. The second kappa shape index (κ2) is 5.27. The van der Waals surface area contributed by atoms with Crippen molar-refractivity contribution in [2.75, 3.05) is 5.32 Å². The third-order valence-corrected chi connectivity index (χ3v) is 3.31. The summed E-state index contributed by atoms with van der Waals surface area (Å²) in [5.41, 5.74) is 1.53. The van der Waals surface area contributed by atoms with Gasteiger partial charge in [0.25, 0.3) is 5.91 Å². The predicted octanol–water partition coefficient (Wildman–Crippen LogP) is 3.54. The number of hydrogen-bond donors (Lipinski definition) is 1. The Morgan fingerprint density at radius 2 is 2.17 bits per heavy atom. The maximum absolute atomic E-state index is 13.3. The number of nitrogens with one attached hydrogen (secondary N) is 1. The molecule has 2 rings (SSSR count). The molecule has 5 heteroatoms. The van der Waals surface area contributed by atoms with Gasteiger partial charge in [-0.05, 0) is 42.8 Å². The van der Waals surface area contributed by atoms with E-state index in [-0.39, 0.29) is 5.56 Å². The largest absolute Gasteiger partial charge is 0.322 e. The zero-order chi connectivity index (χ0) is 13.1. The van der Waals surface area contributed by atoms with Crippen LogP contribution in [0.4, 0.5) is 10.1 Å². The highest BCUT2D eigenvalue weighted by atomic mass is 79.9. The Balaban J connectivity index is 2.22. The highest BCUT2D eigenvalue weighted by Gasteiger charge is 2.12. The summed E-state index contributed by atoms with van der Waals surface area (Å²) in [6, 6.07) is 8.28. The van der Waals surface area contributed by atoms with E-state index in [1.165, 1.54) is 18.3 Å². The van der Waals surface area contributed by atoms with Crippen LogP contribution in [-0.4, -0.2) is 10.9 Å². The van der Waals surface area contributed by atoms with E-state index in [0.717, 1.165) is 10.0 Å². The van der Waals surface area contributed by atoms with Crippen molar-refractivity contribution < 1.29 is 9.18 Å². The number of pyridine rings is 1. The molecule has 0 aliphatic rings. The minimum absolute atomic E-state index is 0.0712. The zero-order valence-electron chi connectivity index (χ0n) is 9.58. The summed E-state index contributed by atoms with van der Waals surface area (Å²) in [4.78, 5) is 15.3. The molecule has 1 aromatic heterocycles. The number of nitrogens with zero attached hydrogens (tertiary/aromatic N) is 1. The Morgan fingerprint density at radius 1 is 1.39 bits per heavy atom. The average molecular weight is 309 g/mol. The fourth-order valence-electron chi connectivity index (χ4n) is 1.48. The summed E-state index contributed by atoms with van der Waals surface area (Å²) >= 11 is 3.37. The van der Waals surface area contributed by atoms with Crippen molar-refractivity contribution in [3.63, 3.8) is 0 Å². The molecule has 0 fully saturated rings. The van der Waals surface area contributed by atoms with Crippen LogP contribution in [0.5, 0.6) is 0 Å². The lowest BCUT2D eigenvalue weighted by atomic mass is 10.2. The van der Waals surface area contributed by atoms with Crippen molar-refractivity contribution in [2.45, 2.75) is 6.92 Å². The van der Waals surface area contributed by atoms with Gasteiger partial charge in [-0.15, -0.1) is 0 Å². The molecule has 0 spiro atoms. The van der Waals surface area contributed by atoms with Crippen molar-refractivity contribution in [3.8, 4) is 0 Å². The molecule has 0 saturated carbocycles. The van der Waals surface area contributed by atoms with E-state index >= 15 is 0 Å². The van der Waals surface area contributed by atoms with E-state index < -0.39 is 11.9 Å². The highest BCUT2D eigenvalue weighted by Crippen LogP contribution is 2.20. The van der Waals surface area contributed by atoms with Gasteiger partial charge in [0.2, 0.25) is 5.95 Å². The monoisotopic (exact) mass is 308 g/mol. The summed E-state index contributed by atoms with van der Waals surface area (Å²) in [6.45, 7) is 1.91. The van der Waals surface area contributed by atoms with Crippen molar-refractivity contribution >= 4 is 27.5 Å². The zero-order valence-corrected chi connectivity index (χ0v) is 11.2. The normalized spacial score (nSPS) is 10.2. The van der Waals surface area contributed by atoms with Crippen LogP contribution in [0.25, 0.3) is 0 Å². The molecule has 0 unspecified atom stereocenters. The Morgan fingerprint density at radius 3 is 2.83 bits per heavy atom. The molecule has 3 nitrogen and oxygen atoms in total. The molecule has 0 atom stereocenters. The van der Waals surface area contributed by atoms with Gasteiger partial charge in [0, 0.05) is 16.4 Å². The molecule has 1 N–H and O–H groups in total. The first-order valence-electron chi connectivity index (χ1n) is 5.26. The number of amides is 1. The van der Waals surface area contributed by atoms with Crippen molar-refractivity contribution in [3.05, 3.63) is 58.1 Å². The first-order chi connectivity index (χ1) is 8.58. The minimum atomic E-state index is -0.774. The Kier molecular flexibility index (Phi) is 3.72. The average Bonchev–Trinajstić information content (AvgIpc) is 2.34. The van der Waals surface area contributed by atoms with Crippen LogP contribution < -0.4 is 5.32 Å². The van der Waals surface area contributed by atoms with E-state index in [9.17, 15) is 9.18 Å². The molecule has 2 aromatic rings. The third-order valence-electron chi connectivity index (χ3n) is 2.42. The molecular weight excluding hydrogens is 299 g/mol. The molecule has 1 aromatic carbocycles. The topological polar surface area (TPSA) is 42.0 Å². The first kappa shape index (κ1) is 12.7. The number of carbonyl (C=O) groups is 1. The summed E-state index contributed by atoms with van der Waals surface area (Å²) in [7, 11) is 0. The fourth-order valence-corrected chi connectivity index (χ4v) is 1.72. The van der Waals surface area contributed by atoms with Crippen molar-refractivity contribution in [1.29, 1.82) is 0 Å². The smallest absolute Gasteiger partial charge is 0.260 e. The van der Waals surface area contributed by atoms with Crippen LogP contribution >= 0.6 is 15.9 Å². The van der Waals surface area contributed by atoms with E-state index in [1.54, 1.807) is 12.1 Å². The van der Waals surface area contributed by atoms with Gasteiger partial charge in [0.05, 0.1) is 5.56 Å². The number of carbonyl (C=O) groups excluding carboxylic acids is 1. The third kappa shape index (κ3) is 2.73. The molecule has 1 heterocycles. The van der Waals surface area contributed by atoms with Gasteiger partial charge in [0.15, 0.2) is 0 Å². The van der Waals surface area contributed by atoms with Gasteiger partial charge in [-0.2, -0.15) is 4.39 Å². The van der Waals surface area contributed by atoms with Crippen LogP contribution in [0.3, 0.4) is 0 Å². The van der Waals surface area contributed by atoms with Crippen molar-refractivity contribution in [2.24, 2.45) is 0 Å². The minimum Gasteiger partial charge on any atom is -0.322 e. The second-order valence-corrected chi connectivity index (χ2v) is 4.61. The Labute approximate surface area is 112 Å². The lowest BCUT2D eigenvalue weighted by molar-refractivity contribution is 0.102. The molecule has 0 aliphatic heterocycles. The van der Waals surface area contributed by atoms with Crippen LogP contribution in [0, 0.1) is 12.9 Å². The SMILES string of the molecule is Cc1cc(NC(=O)c2cccnc2F)ccc1Br. The van der Waals surface area contributed by atoms with Crippen LogP contribution in [0.1, 0.15) is 15.9 Å². The van der Waals surface area contributed by atoms with Crippen LogP contribution in [0.15, 0.2) is 41.0 Å². The molecule has 0 bridgehead atoms. The van der Waals surface area contributed by atoms with Gasteiger partial charge in [0.1, 0.15) is 0 Å². The van der Waals surface area contributed by atoms with Gasteiger partial charge in [-0.1, -0.05) is 15.9 Å². The molecule has 0 saturated heterocycles. The number of rotatable bonds is 2. The molecule has 0 aliphatic carbocycles. The molecule has 0 radical (unpaired) electrons. The fraction of sp³-hybridized carbons (Fsp3) is 0.0769. The standard InChI is InChI=1S/C13H10BrFN2O/c1-8-7-9(4-5-11(8)14)17-13(18)10-3-2-6-16-12(10)15/h2-7H,1H3,(H,17,18). The second-order valence-electron chi connectivity index (χ2n) is 3.76. The van der Waals surface area contributed by atoms with Gasteiger partial charge < -0.3 is 5.32 Å². The molecular formula is C13H10BrFN2O. The molecule has 92 valence electrons. The summed E-state index contributed by atoms with van der Waals surface area (Å²) in [5, 5.41) is 2.63. The van der Waals surface area contributed by atoms with E-state index in [1.807, 2.05) is 13.0 Å². The molecule has 18 heavy (non-hydrogen) atoms. The van der Waals surface area contributed by atoms with Crippen molar-refractivity contribution in [1.82, 2.24) is 4.98 Å². The van der Waals surface area contributed by atoms with E-state index in [0.29, 0.717) is 5.69 Å². The lowest BCUT2D eigenvalue weighted by Gasteiger charge is -2.07. The maximum Gasteiger partial charge on any atom is 0.260 e. The van der Waals surface area contributed by atoms with E-state index in [2.05, 4.69) is 26.2 Å². The quantitative estimate of drug-likeness (QED) is 0.862. The Bertz CT molecular complexity index is 601. The number of halogens is 2. The number of benzene rings is 1. The number of aromatic nitrogens is 1. The summed E-state index contributed by atoms with van der Waals surface area (Å²) in [6.07, 6.45) is 1.30.